The summed E-state index contributed by atoms with van der Waals surface area (Å²) in [6.07, 6.45) is 1.84. The first kappa shape index (κ1) is 9.74. The Balaban J connectivity index is 2.70. The zero-order valence-electron chi connectivity index (χ0n) is 7.47. The molecule has 4 heteroatoms. The molecular weight excluding hydrogens is 218 g/mol. The minimum atomic E-state index is 0.843. The van der Waals surface area contributed by atoms with E-state index in [0.717, 1.165) is 30.1 Å². The molecule has 0 radical (unpaired) electrons. The number of rotatable bonds is 4. The molecule has 1 heterocycles. The van der Waals surface area contributed by atoms with Gasteiger partial charge in [-0.25, -0.2) is 4.98 Å². The Morgan fingerprint density at radius 1 is 1.58 bits per heavy atom. The summed E-state index contributed by atoms with van der Waals surface area (Å²) >= 11 is 3.44. The molecule has 68 valence electrons. The standard InChI is InChI=1S/C8H14BrN3/c1-3-10-6-8-11-5-7(9)12(8)4-2/h5,10H,3-4,6H2,1-2H3. The van der Waals surface area contributed by atoms with Gasteiger partial charge in [0.05, 0.1) is 12.7 Å². The number of nitrogens with zero attached hydrogens (tertiary/aromatic N) is 2. The summed E-state index contributed by atoms with van der Waals surface area (Å²) in [5, 5.41) is 3.25. The highest BCUT2D eigenvalue weighted by molar-refractivity contribution is 9.10. The lowest BCUT2D eigenvalue weighted by molar-refractivity contribution is 0.623. The summed E-state index contributed by atoms with van der Waals surface area (Å²) in [7, 11) is 0. The van der Waals surface area contributed by atoms with Crippen molar-refractivity contribution in [3.8, 4) is 0 Å². The maximum absolute atomic E-state index is 4.28. The number of aromatic nitrogens is 2. The third-order valence-corrected chi connectivity index (χ3v) is 2.37. The van der Waals surface area contributed by atoms with Crippen LogP contribution in [0.25, 0.3) is 0 Å². The average molecular weight is 232 g/mol. The molecule has 0 aliphatic rings. The van der Waals surface area contributed by atoms with Crippen LogP contribution in [0.1, 0.15) is 19.7 Å². The summed E-state index contributed by atoms with van der Waals surface area (Å²) in [5.74, 6) is 1.09. The Morgan fingerprint density at radius 2 is 2.33 bits per heavy atom. The van der Waals surface area contributed by atoms with Crippen LogP contribution in [-0.2, 0) is 13.1 Å². The highest BCUT2D eigenvalue weighted by Crippen LogP contribution is 2.11. The molecule has 1 aromatic rings. The van der Waals surface area contributed by atoms with Gasteiger partial charge in [0.15, 0.2) is 0 Å². The van der Waals surface area contributed by atoms with E-state index >= 15 is 0 Å². The van der Waals surface area contributed by atoms with Crippen LogP contribution in [0, 0.1) is 0 Å². The van der Waals surface area contributed by atoms with E-state index in [0.29, 0.717) is 0 Å². The minimum absolute atomic E-state index is 0.843. The second kappa shape index (κ2) is 4.62. The third kappa shape index (κ3) is 2.08. The molecule has 0 aliphatic heterocycles. The molecule has 1 aromatic heterocycles. The fourth-order valence-corrected chi connectivity index (χ4v) is 1.66. The molecule has 3 nitrogen and oxygen atoms in total. The van der Waals surface area contributed by atoms with Gasteiger partial charge in [0.2, 0.25) is 0 Å². The molecule has 0 spiro atoms. The van der Waals surface area contributed by atoms with Crippen LogP contribution in [0.4, 0.5) is 0 Å². The van der Waals surface area contributed by atoms with Crippen LogP contribution in [-0.4, -0.2) is 16.1 Å². The van der Waals surface area contributed by atoms with E-state index in [1.807, 2.05) is 6.20 Å². The van der Waals surface area contributed by atoms with Crippen molar-refractivity contribution >= 4 is 15.9 Å². The van der Waals surface area contributed by atoms with E-state index in [1.165, 1.54) is 0 Å². The topological polar surface area (TPSA) is 29.9 Å². The molecule has 1 rings (SSSR count). The predicted molar refractivity (Wildman–Crippen MR) is 53.0 cm³/mol. The van der Waals surface area contributed by atoms with E-state index in [9.17, 15) is 0 Å². The normalized spacial score (nSPS) is 10.6. The van der Waals surface area contributed by atoms with E-state index in [4.69, 9.17) is 0 Å². The molecule has 0 aliphatic carbocycles. The van der Waals surface area contributed by atoms with E-state index in [2.05, 4.69) is 44.6 Å². The first-order chi connectivity index (χ1) is 5.79. The van der Waals surface area contributed by atoms with Crippen molar-refractivity contribution in [2.24, 2.45) is 0 Å². The second-order valence-electron chi connectivity index (χ2n) is 2.52. The zero-order chi connectivity index (χ0) is 8.97. The number of imidazole rings is 1. The van der Waals surface area contributed by atoms with Gasteiger partial charge >= 0.3 is 0 Å². The average Bonchev–Trinajstić information content (AvgIpc) is 2.43. The fourth-order valence-electron chi connectivity index (χ4n) is 1.10. The van der Waals surface area contributed by atoms with Gasteiger partial charge in [0, 0.05) is 6.54 Å². The number of hydrogen-bond donors (Lipinski definition) is 1. The Labute approximate surface area is 81.3 Å². The fraction of sp³-hybridized carbons (Fsp3) is 0.625. The van der Waals surface area contributed by atoms with Gasteiger partial charge in [-0.2, -0.15) is 0 Å². The smallest absolute Gasteiger partial charge is 0.123 e. The lowest BCUT2D eigenvalue weighted by atomic mass is 10.5. The van der Waals surface area contributed by atoms with Crippen molar-refractivity contribution < 1.29 is 0 Å². The van der Waals surface area contributed by atoms with Crippen LogP contribution < -0.4 is 5.32 Å². The zero-order valence-corrected chi connectivity index (χ0v) is 9.06. The Kier molecular flexibility index (Phi) is 3.75. The van der Waals surface area contributed by atoms with Crippen molar-refractivity contribution in [3.63, 3.8) is 0 Å². The molecule has 1 N–H and O–H groups in total. The maximum Gasteiger partial charge on any atom is 0.123 e. The van der Waals surface area contributed by atoms with E-state index in [-0.39, 0.29) is 0 Å². The molecular formula is C8H14BrN3. The molecule has 0 fully saturated rings. The molecule has 0 saturated heterocycles. The molecule has 12 heavy (non-hydrogen) atoms. The van der Waals surface area contributed by atoms with E-state index in [1.54, 1.807) is 0 Å². The largest absolute Gasteiger partial charge is 0.322 e. The summed E-state index contributed by atoms with van der Waals surface area (Å²) in [6, 6.07) is 0. The van der Waals surface area contributed by atoms with Gasteiger partial charge in [-0.15, -0.1) is 0 Å². The Hall–Kier alpha value is -0.350. The first-order valence-electron chi connectivity index (χ1n) is 4.20. The van der Waals surface area contributed by atoms with Crippen molar-refractivity contribution in [2.75, 3.05) is 6.54 Å². The third-order valence-electron chi connectivity index (χ3n) is 1.74. The van der Waals surface area contributed by atoms with Gasteiger partial charge in [-0.3, -0.25) is 0 Å². The van der Waals surface area contributed by atoms with Gasteiger partial charge in [0.25, 0.3) is 0 Å². The molecule has 0 bridgehead atoms. The van der Waals surface area contributed by atoms with Gasteiger partial charge in [-0.1, -0.05) is 6.92 Å². The molecule has 0 atom stereocenters. The number of hydrogen-bond acceptors (Lipinski definition) is 2. The summed E-state index contributed by atoms with van der Waals surface area (Å²) < 4.78 is 3.20. The summed E-state index contributed by atoms with van der Waals surface area (Å²) in [4.78, 5) is 4.28. The van der Waals surface area contributed by atoms with Crippen LogP contribution in [0.5, 0.6) is 0 Å². The summed E-state index contributed by atoms with van der Waals surface area (Å²) in [6.45, 7) is 6.99. The Morgan fingerprint density at radius 3 is 2.92 bits per heavy atom. The van der Waals surface area contributed by atoms with Crippen molar-refractivity contribution in [1.29, 1.82) is 0 Å². The second-order valence-corrected chi connectivity index (χ2v) is 3.33. The number of nitrogens with one attached hydrogen (secondary N) is 1. The highest BCUT2D eigenvalue weighted by atomic mass is 79.9. The van der Waals surface area contributed by atoms with Crippen molar-refractivity contribution in [2.45, 2.75) is 26.9 Å². The summed E-state index contributed by atoms with van der Waals surface area (Å²) in [5.41, 5.74) is 0. The minimum Gasteiger partial charge on any atom is -0.322 e. The molecule has 0 aromatic carbocycles. The van der Waals surface area contributed by atoms with Crippen LogP contribution in [0.3, 0.4) is 0 Å². The van der Waals surface area contributed by atoms with Crippen LogP contribution in [0.2, 0.25) is 0 Å². The molecule has 0 saturated carbocycles. The van der Waals surface area contributed by atoms with Crippen molar-refractivity contribution in [1.82, 2.24) is 14.9 Å². The van der Waals surface area contributed by atoms with Gasteiger partial charge in [0.1, 0.15) is 10.4 Å². The lowest BCUT2D eigenvalue weighted by Crippen LogP contribution is -2.16. The van der Waals surface area contributed by atoms with Crippen LogP contribution >= 0.6 is 15.9 Å². The predicted octanol–water partition coefficient (Wildman–Crippen LogP) is 1.78. The monoisotopic (exact) mass is 231 g/mol. The van der Waals surface area contributed by atoms with Crippen LogP contribution in [0.15, 0.2) is 10.8 Å². The van der Waals surface area contributed by atoms with Crippen molar-refractivity contribution in [3.05, 3.63) is 16.6 Å². The van der Waals surface area contributed by atoms with Gasteiger partial charge < -0.3 is 9.88 Å². The lowest BCUT2D eigenvalue weighted by Gasteiger charge is -2.05. The SMILES string of the molecule is CCNCc1ncc(Br)n1CC. The maximum atomic E-state index is 4.28. The van der Waals surface area contributed by atoms with Gasteiger partial charge in [-0.05, 0) is 29.4 Å². The Bertz CT molecular complexity index is 244. The first-order valence-corrected chi connectivity index (χ1v) is 4.99. The highest BCUT2D eigenvalue weighted by Gasteiger charge is 2.04. The molecule has 0 amide bonds. The molecule has 0 unspecified atom stereocenters. The van der Waals surface area contributed by atoms with E-state index < -0.39 is 0 Å². The quantitative estimate of drug-likeness (QED) is 0.857. The number of halogens is 1.